The second kappa shape index (κ2) is 2.09. The number of aryl methyl sites for hydroxylation is 2. The lowest BCUT2D eigenvalue weighted by Crippen LogP contribution is -1.94. The molecule has 56 valence electrons. The highest BCUT2D eigenvalue weighted by atomic mass is 15.0. The third kappa shape index (κ3) is 0.827. The van der Waals surface area contributed by atoms with Crippen LogP contribution in [-0.2, 0) is 0 Å². The lowest BCUT2D eigenvalue weighted by molar-refractivity contribution is 0.959. The smallest absolute Gasteiger partial charge is 0.110 e. The monoisotopic (exact) mass is 146 g/mol. The lowest BCUT2D eigenvalue weighted by Gasteiger charge is -2.00. The van der Waals surface area contributed by atoms with Crippen molar-refractivity contribution in [3.63, 3.8) is 0 Å². The van der Waals surface area contributed by atoms with Gasteiger partial charge < -0.3 is 4.40 Å². The van der Waals surface area contributed by atoms with Gasteiger partial charge in [-0.15, -0.1) is 0 Å². The van der Waals surface area contributed by atoms with Gasteiger partial charge in [-0.3, -0.25) is 0 Å². The molecular formula is C9H10N2. The van der Waals surface area contributed by atoms with Crippen molar-refractivity contribution in [2.45, 2.75) is 13.8 Å². The van der Waals surface area contributed by atoms with E-state index < -0.39 is 0 Å². The molecule has 2 nitrogen and oxygen atoms in total. The zero-order chi connectivity index (χ0) is 7.84. The molecule has 2 heterocycles. The van der Waals surface area contributed by atoms with Gasteiger partial charge in [0, 0.05) is 17.4 Å². The minimum atomic E-state index is 1.05. The average Bonchev–Trinajstić information content (AvgIpc) is 2.34. The van der Waals surface area contributed by atoms with Crippen LogP contribution in [-0.4, -0.2) is 9.38 Å². The summed E-state index contributed by atoms with van der Waals surface area (Å²) in [4.78, 5) is 4.20. The van der Waals surface area contributed by atoms with Crippen LogP contribution in [0.4, 0.5) is 0 Å². The van der Waals surface area contributed by atoms with Crippen molar-refractivity contribution in [3.8, 4) is 0 Å². The molecular weight excluding hydrogens is 136 g/mol. The number of nitrogens with zero attached hydrogens (tertiary/aromatic N) is 2. The molecule has 0 saturated carbocycles. The fourth-order valence-electron chi connectivity index (χ4n) is 1.41. The highest BCUT2D eigenvalue weighted by Gasteiger charge is 1.97. The minimum absolute atomic E-state index is 1.05. The molecule has 2 heteroatoms. The number of fused-ring (bicyclic) bond motifs is 1. The van der Waals surface area contributed by atoms with Crippen LogP contribution in [0.15, 0.2) is 24.4 Å². The van der Waals surface area contributed by atoms with Crippen LogP contribution < -0.4 is 0 Å². The van der Waals surface area contributed by atoms with Crippen molar-refractivity contribution < 1.29 is 0 Å². The third-order valence-corrected chi connectivity index (χ3v) is 1.94. The Morgan fingerprint density at radius 2 is 2.00 bits per heavy atom. The van der Waals surface area contributed by atoms with Crippen LogP contribution in [0.3, 0.4) is 0 Å². The molecule has 0 aromatic carbocycles. The summed E-state index contributed by atoms with van der Waals surface area (Å²) in [6.07, 6.45) is 1.84. The predicted octanol–water partition coefficient (Wildman–Crippen LogP) is 1.95. The Bertz CT molecular complexity index is 387. The van der Waals surface area contributed by atoms with Crippen molar-refractivity contribution in [1.82, 2.24) is 9.38 Å². The average molecular weight is 146 g/mol. The van der Waals surface area contributed by atoms with E-state index in [9.17, 15) is 0 Å². The second-order valence-corrected chi connectivity index (χ2v) is 2.73. The third-order valence-electron chi connectivity index (χ3n) is 1.94. The van der Waals surface area contributed by atoms with Crippen molar-refractivity contribution in [2.24, 2.45) is 0 Å². The van der Waals surface area contributed by atoms with Gasteiger partial charge >= 0.3 is 0 Å². The van der Waals surface area contributed by atoms with Crippen LogP contribution in [0.2, 0.25) is 0 Å². The van der Waals surface area contributed by atoms with Gasteiger partial charge in [0.25, 0.3) is 0 Å². The molecule has 2 rings (SSSR count). The van der Waals surface area contributed by atoms with E-state index in [1.807, 2.05) is 19.2 Å². The summed E-state index contributed by atoms with van der Waals surface area (Å²) in [5.74, 6) is 1.05. The van der Waals surface area contributed by atoms with Crippen LogP contribution >= 0.6 is 0 Å². The number of hydrogen-bond acceptors (Lipinski definition) is 1. The SMILES string of the molecule is Cc1ccc2ccnc(C)n12. The Morgan fingerprint density at radius 3 is 2.73 bits per heavy atom. The molecule has 2 aromatic heterocycles. The molecule has 2 aromatic rings. The quantitative estimate of drug-likeness (QED) is 0.555. The van der Waals surface area contributed by atoms with E-state index in [2.05, 4.69) is 28.4 Å². The molecule has 0 atom stereocenters. The predicted molar refractivity (Wildman–Crippen MR) is 44.7 cm³/mol. The van der Waals surface area contributed by atoms with Crippen LogP contribution in [0.5, 0.6) is 0 Å². The van der Waals surface area contributed by atoms with E-state index in [0.717, 1.165) is 5.82 Å². The molecule has 0 aliphatic rings. The van der Waals surface area contributed by atoms with Crippen molar-refractivity contribution in [2.75, 3.05) is 0 Å². The summed E-state index contributed by atoms with van der Waals surface area (Å²) < 4.78 is 2.14. The summed E-state index contributed by atoms with van der Waals surface area (Å²) in [5, 5.41) is 0. The fraction of sp³-hybridized carbons (Fsp3) is 0.222. The normalized spacial score (nSPS) is 10.7. The first kappa shape index (κ1) is 6.40. The minimum Gasteiger partial charge on any atom is -0.303 e. The van der Waals surface area contributed by atoms with Crippen molar-refractivity contribution in [1.29, 1.82) is 0 Å². The largest absolute Gasteiger partial charge is 0.303 e. The van der Waals surface area contributed by atoms with Gasteiger partial charge in [-0.2, -0.15) is 0 Å². The lowest BCUT2D eigenvalue weighted by atomic mass is 10.5. The van der Waals surface area contributed by atoms with Gasteiger partial charge in [0.05, 0.1) is 0 Å². The van der Waals surface area contributed by atoms with Gasteiger partial charge in [-0.25, -0.2) is 4.98 Å². The zero-order valence-electron chi connectivity index (χ0n) is 6.70. The Kier molecular flexibility index (Phi) is 1.22. The topological polar surface area (TPSA) is 17.3 Å². The maximum absolute atomic E-state index is 4.20. The molecule has 0 aliphatic heterocycles. The van der Waals surface area contributed by atoms with E-state index >= 15 is 0 Å². The first-order valence-electron chi connectivity index (χ1n) is 3.69. The molecule has 0 radical (unpaired) electrons. The van der Waals surface area contributed by atoms with Crippen molar-refractivity contribution in [3.05, 3.63) is 35.9 Å². The molecule has 0 N–H and O–H groups in total. The molecule has 0 aliphatic carbocycles. The molecule has 11 heavy (non-hydrogen) atoms. The van der Waals surface area contributed by atoms with E-state index in [1.54, 1.807) is 0 Å². The standard InChI is InChI=1S/C9H10N2/c1-7-3-4-9-5-6-10-8(2)11(7)9/h3-6H,1-2H3. The Balaban J connectivity index is 2.96. The summed E-state index contributed by atoms with van der Waals surface area (Å²) in [6.45, 7) is 4.10. The van der Waals surface area contributed by atoms with Gasteiger partial charge in [0.2, 0.25) is 0 Å². The Labute approximate surface area is 65.5 Å². The summed E-state index contributed by atoms with van der Waals surface area (Å²) >= 11 is 0. The number of rotatable bonds is 0. The van der Waals surface area contributed by atoms with Crippen LogP contribution in [0.1, 0.15) is 11.5 Å². The number of hydrogen-bond donors (Lipinski definition) is 0. The maximum Gasteiger partial charge on any atom is 0.110 e. The summed E-state index contributed by atoms with van der Waals surface area (Å²) in [6, 6.07) is 6.22. The van der Waals surface area contributed by atoms with Crippen LogP contribution in [0.25, 0.3) is 5.52 Å². The first-order chi connectivity index (χ1) is 5.29. The molecule has 0 fully saturated rings. The van der Waals surface area contributed by atoms with E-state index in [-0.39, 0.29) is 0 Å². The Hall–Kier alpha value is -1.31. The first-order valence-corrected chi connectivity index (χ1v) is 3.69. The second-order valence-electron chi connectivity index (χ2n) is 2.73. The highest BCUT2D eigenvalue weighted by molar-refractivity contribution is 5.49. The molecule has 0 bridgehead atoms. The highest BCUT2D eigenvalue weighted by Crippen LogP contribution is 2.09. The van der Waals surface area contributed by atoms with Gasteiger partial charge in [-0.1, -0.05) is 0 Å². The summed E-state index contributed by atoms with van der Waals surface area (Å²) in [5.41, 5.74) is 2.46. The summed E-state index contributed by atoms with van der Waals surface area (Å²) in [7, 11) is 0. The zero-order valence-corrected chi connectivity index (χ0v) is 6.70. The fourth-order valence-corrected chi connectivity index (χ4v) is 1.41. The van der Waals surface area contributed by atoms with Gasteiger partial charge in [0.15, 0.2) is 0 Å². The van der Waals surface area contributed by atoms with Crippen LogP contribution in [0, 0.1) is 13.8 Å². The van der Waals surface area contributed by atoms with E-state index in [0.29, 0.717) is 0 Å². The van der Waals surface area contributed by atoms with E-state index in [4.69, 9.17) is 0 Å². The Morgan fingerprint density at radius 1 is 1.18 bits per heavy atom. The van der Waals surface area contributed by atoms with Gasteiger partial charge in [0.1, 0.15) is 5.82 Å². The molecule has 0 spiro atoms. The van der Waals surface area contributed by atoms with E-state index in [1.165, 1.54) is 11.2 Å². The van der Waals surface area contributed by atoms with Crippen molar-refractivity contribution >= 4 is 5.52 Å². The van der Waals surface area contributed by atoms with Gasteiger partial charge in [-0.05, 0) is 32.0 Å². The molecule has 0 unspecified atom stereocenters. The molecule has 0 saturated heterocycles. The number of aromatic nitrogens is 2. The molecule has 0 amide bonds. The maximum atomic E-state index is 4.20.